The fourth-order valence-corrected chi connectivity index (χ4v) is 5.70. The maximum atomic E-state index is 12.9. The molecule has 0 spiro atoms. The third-order valence-corrected chi connectivity index (χ3v) is 8.15. The van der Waals surface area contributed by atoms with Crippen LogP contribution in [0.1, 0.15) is 32.8 Å². The van der Waals surface area contributed by atoms with Crippen molar-refractivity contribution >= 4 is 33.4 Å². The summed E-state index contributed by atoms with van der Waals surface area (Å²) in [6.07, 6.45) is 3.31. The number of anilines is 1. The van der Waals surface area contributed by atoms with E-state index in [1.54, 1.807) is 12.1 Å². The Labute approximate surface area is 177 Å². The Bertz CT molecular complexity index is 957. The number of pyridine rings is 1. The van der Waals surface area contributed by atoms with E-state index in [1.807, 2.05) is 36.9 Å². The summed E-state index contributed by atoms with van der Waals surface area (Å²) < 4.78 is 26.5. The number of carbonyl (C=O) groups is 1. The molecule has 1 amide bonds. The number of carbonyl (C=O) groups excluding carboxylic acids is 1. The van der Waals surface area contributed by atoms with Crippen LogP contribution in [0.15, 0.2) is 52.5 Å². The van der Waals surface area contributed by atoms with Crippen molar-refractivity contribution in [3.8, 4) is 0 Å². The molecule has 0 saturated carbocycles. The van der Waals surface area contributed by atoms with Crippen molar-refractivity contribution in [2.75, 3.05) is 23.7 Å². The normalized spacial score (nSPS) is 16.7. The van der Waals surface area contributed by atoms with E-state index in [0.29, 0.717) is 18.1 Å². The van der Waals surface area contributed by atoms with E-state index in [4.69, 9.17) is 0 Å². The monoisotopic (exact) mass is 433 g/mol. The Balaban J connectivity index is 1.69. The standard InChI is InChI=1S/C21H27N3O3S2/c1-4-23(5-2)29(26,27)18-12-13-20(22-14-18)28-15-21(25)24-16(3)10-11-17-8-6-7-9-19(17)24/h6-9,12-14,16H,4-5,10-11,15H2,1-3H3. The van der Waals surface area contributed by atoms with Crippen molar-refractivity contribution in [1.29, 1.82) is 0 Å². The second-order valence-electron chi connectivity index (χ2n) is 6.99. The average Bonchev–Trinajstić information content (AvgIpc) is 2.73. The van der Waals surface area contributed by atoms with Crippen molar-refractivity contribution in [3.05, 3.63) is 48.2 Å². The van der Waals surface area contributed by atoms with Crippen LogP contribution in [0, 0.1) is 0 Å². The highest BCUT2D eigenvalue weighted by molar-refractivity contribution is 7.99. The number of hydrogen-bond acceptors (Lipinski definition) is 5. The van der Waals surface area contributed by atoms with Gasteiger partial charge < -0.3 is 4.90 Å². The lowest BCUT2D eigenvalue weighted by molar-refractivity contribution is -0.116. The number of thioether (sulfide) groups is 1. The predicted molar refractivity (Wildman–Crippen MR) is 117 cm³/mol. The summed E-state index contributed by atoms with van der Waals surface area (Å²) in [4.78, 5) is 19.2. The minimum Gasteiger partial charge on any atom is -0.309 e. The molecule has 1 aromatic carbocycles. The molecule has 6 nitrogen and oxygen atoms in total. The molecule has 1 unspecified atom stereocenters. The summed E-state index contributed by atoms with van der Waals surface area (Å²) in [6.45, 7) is 6.52. The van der Waals surface area contributed by atoms with Crippen LogP contribution in [0.25, 0.3) is 0 Å². The molecule has 1 atom stereocenters. The summed E-state index contributed by atoms with van der Waals surface area (Å²) in [7, 11) is -3.52. The zero-order valence-electron chi connectivity index (χ0n) is 17.0. The van der Waals surface area contributed by atoms with E-state index < -0.39 is 10.0 Å². The van der Waals surface area contributed by atoms with Gasteiger partial charge in [0, 0.05) is 31.0 Å². The first kappa shape index (κ1) is 21.8. The van der Waals surface area contributed by atoms with Crippen LogP contribution >= 0.6 is 11.8 Å². The summed E-state index contributed by atoms with van der Waals surface area (Å²) >= 11 is 1.33. The van der Waals surface area contributed by atoms with Crippen molar-refractivity contribution in [2.45, 2.75) is 49.6 Å². The Hall–Kier alpha value is -1.90. The molecule has 0 N–H and O–H groups in total. The molecule has 1 aliphatic heterocycles. The number of aryl methyl sites for hydroxylation is 1. The molecule has 29 heavy (non-hydrogen) atoms. The molecule has 0 radical (unpaired) electrons. The van der Waals surface area contributed by atoms with Gasteiger partial charge in [0.1, 0.15) is 4.90 Å². The molecule has 1 aliphatic rings. The molecule has 8 heteroatoms. The van der Waals surface area contributed by atoms with Crippen molar-refractivity contribution in [1.82, 2.24) is 9.29 Å². The number of nitrogens with zero attached hydrogens (tertiary/aromatic N) is 3. The van der Waals surface area contributed by atoms with Crippen LogP contribution < -0.4 is 4.90 Å². The van der Waals surface area contributed by atoms with Gasteiger partial charge >= 0.3 is 0 Å². The number of aromatic nitrogens is 1. The predicted octanol–water partition coefficient (Wildman–Crippen LogP) is 3.57. The first-order valence-electron chi connectivity index (χ1n) is 9.87. The molecule has 0 bridgehead atoms. The van der Waals surface area contributed by atoms with Crippen molar-refractivity contribution < 1.29 is 13.2 Å². The van der Waals surface area contributed by atoms with Gasteiger partial charge in [-0.2, -0.15) is 4.31 Å². The van der Waals surface area contributed by atoms with Crippen LogP contribution in [0.2, 0.25) is 0 Å². The SMILES string of the molecule is CCN(CC)S(=O)(=O)c1ccc(SCC(=O)N2c3ccccc3CCC2C)nc1. The van der Waals surface area contributed by atoms with Gasteiger partial charge in [0.05, 0.1) is 10.8 Å². The molecule has 1 aromatic heterocycles. The van der Waals surface area contributed by atoms with Crippen molar-refractivity contribution in [2.24, 2.45) is 0 Å². The highest BCUT2D eigenvalue weighted by Gasteiger charge is 2.28. The Morgan fingerprint density at radius 1 is 1.21 bits per heavy atom. The quantitative estimate of drug-likeness (QED) is 0.624. The maximum Gasteiger partial charge on any atom is 0.244 e. The lowest BCUT2D eigenvalue weighted by Gasteiger charge is -2.35. The van der Waals surface area contributed by atoms with E-state index in [2.05, 4.69) is 18.0 Å². The Morgan fingerprint density at radius 2 is 1.93 bits per heavy atom. The molecular weight excluding hydrogens is 406 g/mol. The molecule has 2 heterocycles. The molecule has 156 valence electrons. The molecule has 0 fully saturated rings. The van der Waals surface area contributed by atoms with Crippen LogP contribution in [0.3, 0.4) is 0 Å². The van der Waals surface area contributed by atoms with Gasteiger partial charge in [-0.05, 0) is 43.5 Å². The fourth-order valence-electron chi connectivity index (χ4n) is 3.59. The highest BCUT2D eigenvalue weighted by Crippen LogP contribution is 2.31. The number of hydrogen-bond donors (Lipinski definition) is 0. The Kier molecular flexibility index (Phi) is 6.97. The van der Waals surface area contributed by atoms with Gasteiger partial charge in [-0.25, -0.2) is 13.4 Å². The number of fused-ring (bicyclic) bond motifs is 1. The van der Waals surface area contributed by atoms with Gasteiger partial charge in [0.25, 0.3) is 0 Å². The zero-order chi connectivity index (χ0) is 21.0. The van der Waals surface area contributed by atoms with Crippen LogP contribution in [-0.4, -0.2) is 48.5 Å². The minimum absolute atomic E-state index is 0.0382. The van der Waals surface area contributed by atoms with E-state index >= 15 is 0 Å². The van der Waals surface area contributed by atoms with Crippen LogP contribution in [0.5, 0.6) is 0 Å². The molecule has 0 saturated heterocycles. The lowest BCUT2D eigenvalue weighted by Crippen LogP contribution is -2.43. The maximum absolute atomic E-state index is 12.9. The summed E-state index contributed by atoms with van der Waals surface area (Å²) in [5.41, 5.74) is 2.19. The van der Waals surface area contributed by atoms with Gasteiger partial charge in [-0.3, -0.25) is 4.79 Å². The zero-order valence-corrected chi connectivity index (χ0v) is 18.7. The average molecular weight is 434 g/mol. The summed E-state index contributed by atoms with van der Waals surface area (Å²) in [6, 6.07) is 11.4. The van der Waals surface area contributed by atoms with Crippen LogP contribution in [0.4, 0.5) is 5.69 Å². The second kappa shape index (κ2) is 9.28. The number of para-hydroxylation sites is 1. The molecular formula is C21H27N3O3S2. The van der Waals surface area contributed by atoms with Crippen LogP contribution in [-0.2, 0) is 21.2 Å². The van der Waals surface area contributed by atoms with Gasteiger partial charge in [-0.15, -0.1) is 0 Å². The first-order chi connectivity index (χ1) is 13.9. The topological polar surface area (TPSA) is 70.6 Å². The minimum atomic E-state index is -3.52. The first-order valence-corrected chi connectivity index (χ1v) is 12.3. The lowest BCUT2D eigenvalue weighted by atomic mass is 9.97. The van der Waals surface area contributed by atoms with E-state index in [0.717, 1.165) is 18.5 Å². The summed E-state index contributed by atoms with van der Waals surface area (Å²) in [5, 5.41) is 0.634. The fraction of sp³-hybridized carbons (Fsp3) is 0.429. The number of sulfonamides is 1. The smallest absolute Gasteiger partial charge is 0.244 e. The molecule has 3 rings (SSSR count). The van der Waals surface area contributed by atoms with E-state index in [9.17, 15) is 13.2 Å². The van der Waals surface area contributed by atoms with E-state index in [1.165, 1.54) is 27.8 Å². The largest absolute Gasteiger partial charge is 0.309 e. The molecule has 0 aliphatic carbocycles. The van der Waals surface area contributed by atoms with Crippen molar-refractivity contribution in [3.63, 3.8) is 0 Å². The van der Waals surface area contributed by atoms with E-state index in [-0.39, 0.29) is 22.6 Å². The third-order valence-electron chi connectivity index (χ3n) is 5.19. The highest BCUT2D eigenvalue weighted by atomic mass is 32.2. The Morgan fingerprint density at radius 3 is 2.59 bits per heavy atom. The van der Waals surface area contributed by atoms with Gasteiger partial charge in [0.2, 0.25) is 15.9 Å². The number of amides is 1. The number of benzene rings is 1. The summed E-state index contributed by atoms with van der Waals surface area (Å²) in [5.74, 6) is 0.296. The molecule has 2 aromatic rings. The number of rotatable bonds is 7. The second-order valence-corrected chi connectivity index (χ2v) is 9.92. The third kappa shape index (κ3) is 4.65. The van der Waals surface area contributed by atoms with Gasteiger partial charge in [0.15, 0.2) is 0 Å². The van der Waals surface area contributed by atoms with Gasteiger partial charge in [-0.1, -0.05) is 43.8 Å².